The van der Waals surface area contributed by atoms with Gasteiger partial charge in [0, 0.05) is 19.1 Å². The number of rotatable bonds is 9. The van der Waals surface area contributed by atoms with Crippen molar-refractivity contribution in [2.24, 2.45) is 5.73 Å². The zero-order chi connectivity index (χ0) is 16.2. The molecular formula is C15H31ClN4O2S. The quantitative estimate of drug-likeness (QED) is 0.368. The number of primary amides is 1. The molecular weight excluding hydrogens is 336 g/mol. The Morgan fingerprint density at radius 3 is 2.39 bits per heavy atom. The predicted octanol–water partition coefficient (Wildman–Crippen LogP) is 1.63. The summed E-state index contributed by atoms with van der Waals surface area (Å²) in [6.07, 6.45) is 10.3. The molecule has 1 aliphatic rings. The molecule has 0 aromatic rings. The normalized spacial score (nSPS) is 16.7. The average Bonchev–Trinajstić information content (AvgIpc) is 2.76. The van der Waals surface area contributed by atoms with Crippen LogP contribution < -0.4 is 21.7 Å². The van der Waals surface area contributed by atoms with E-state index in [1.54, 1.807) is 11.8 Å². The van der Waals surface area contributed by atoms with Crippen LogP contribution in [0.5, 0.6) is 0 Å². The van der Waals surface area contributed by atoms with Crippen molar-refractivity contribution in [3.05, 3.63) is 0 Å². The largest absolute Gasteiger partial charge is 0.353 e. The van der Waals surface area contributed by atoms with Gasteiger partial charge in [0.15, 0.2) is 0 Å². The molecule has 0 aromatic heterocycles. The number of halogens is 1. The Balaban J connectivity index is 0.00000484. The number of nitrogens with two attached hydrogens (primary N) is 1. The Morgan fingerprint density at radius 2 is 1.83 bits per heavy atom. The van der Waals surface area contributed by atoms with Crippen LogP contribution in [0.3, 0.4) is 0 Å². The first-order chi connectivity index (χ1) is 10.6. The summed E-state index contributed by atoms with van der Waals surface area (Å²) in [7, 11) is 0. The fourth-order valence-electron chi connectivity index (χ4n) is 2.74. The van der Waals surface area contributed by atoms with Crippen molar-refractivity contribution in [3.8, 4) is 0 Å². The summed E-state index contributed by atoms with van der Waals surface area (Å²) in [6.45, 7) is 1.34. The van der Waals surface area contributed by atoms with Crippen molar-refractivity contribution in [3.63, 3.8) is 0 Å². The molecule has 8 heteroatoms. The number of hydrogen-bond donors (Lipinski definition) is 4. The minimum Gasteiger partial charge on any atom is -0.353 e. The van der Waals surface area contributed by atoms with Crippen LogP contribution in [0.4, 0.5) is 4.79 Å². The fourth-order valence-corrected chi connectivity index (χ4v) is 3.22. The van der Waals surface area contributed by atoms with Crippen molar-refractivity contribution in [2.45, 2.75) is 57.0 Å². The van der Waals surface area contributed by atoms with Gasteiger partial charge in [-0.1, -0.05) is 25.7 Å². The van der Waals surface area contributed by atoms with E-state index in [0.717, 1.165) is 12.3 Å². The molecule has 1 rings (SSSR count). The maximum atomic E-state index is 12.1. The molecule has 0 aliphatic heterocycles. The van der Waals surface area contributed by atoms with Crippen molar-refractivity contribution < 1.29 is 9.59 Å². The Hall–Kier alpha value is -0.660. The molecule has 6 nitrogen and oxygen atoms in total. The number of amides is 3. The predicted molar refractivity (Wildman–Crippen MR) is 99.3 cm³/mol. The van der Waals surface area contributed by atoms with Gasteiger partial charge in [-0.25, -0.2) is 4.79 Å². The smallest absolute Gasteiger partial charge is 0.312 e. The van der Waals surface area contributed by atoms with Crippen LogP contribution in [0, 0.1) is 0 Å². The van der Waals surface area contributed by atoms with Crippen LogP contribution in [0.1, 0.15) is 44.9 Å². The summed E-state index contributed by atoms with van der Waals surface area (Å²) in [6, 6.07) is -0.615. The lowest BCUT2D eigenvalue weighted by Gasteiger charge is -2.19. The van der Waals surface area contributed by atoms with E-state index < -0.39 is 12.1 Å². The highest BCUT2D eigenvalue weighted by molar-refractivity contribution is 7.98. The third-order valence-corrected chi connectivity index (χ3v) is 4.60. The molecule has 0 aromatic carbocycles. The lowest BCUT2D eigenvalue weighted by atomic mass is 10.1. The summed E-state index contributed by atoms with van der Waals surface area (Å²) in [5.74, 6) is 0.647. The lowest BCUT2D eigenvalue weighted by molar-refractivity contribution is -0.122. The Morgan fingerprint density at radius 1 is 1.17 bits per heavy atom. The van der Waals surface area contributed by atoms with E-state index in [9.17, 15) is 9.59 Å². The van der Waals surface area contributed by atoms with Gasteiger partial charge < -0.3 is 21.7 Å². The second kappa shape index (κ2) is 13.7. The number of urea groups is 1. The molecule has 0 spiro atoms. The molecule has 1 fully saturated rings. The Bertz CT molecular complexity index is 339. The van der Waals surface area contributed by atoms with Crippen molar-refractivity contribution in [2.75, 3.05) is 25.1 Å². The van der Waals surface area contributed by atoms with Gasteiger partial charge in [-0.05, 0) is 31.3 Å². The summed E-state index contributed by atoms with van der Waals surface area (Å²) in [4.78, 5) is 23.0. The van der Waals surface area contributed by atoms with E-state index in [4.69, 9.17) is 5.73 Å². The zero-order valence-electron chi connectivity index (χ0n) is 13.9. The van der Waals surface area contributed by atoms with Crippen LogP contribution in [0.15, 0.2) is 0 Å². The van der Waals surface area contributed by atoms with E-state index >= 15 is 0 Å². The standard InChI is InChI=1S/C15H30N4O2S.ClH/c1-22-11-8-13(19-15(16)21)14(20)18-10-9-17-12-6-4-2-3-5-7-12;/h12-13,17H,2-11H2,1H3,(H,18,20)(H3,16,19,21);1H. The van der Waals surface area contributed by atoms with E-state index in [1.807, 2.05) is 6.26 Å². The highest BCUT2D eigenvalue weighted by atomic mass is 35.5. The van der Waals surface area contributed by atoms with Crippen LogP contribution in [-0.4, -0.2) is 49.1 Å². The molecule has 0 radical (unpaired) electrons. The molecule has 0 saturated heterocycles. The molecule has 1 aliphatic carbocycles. The van der Waals surface area contributed by atoms with E-state index in [1.165, 1.54) is 38.5 Å². The molecule has 0 bridgehead atoms. The minimum atomic E-state index is -0.655. The lowest BCUT2D eigenvalue weighted by Crippen LogP contribution is -2.50. The zero-order valence-corrected chi connectivity index (χ0v) is 15.6. The van der Waals surface area contributed by atoms with Crippen LogP contribution in [0.2, 0.25) is 0 Å². The van der Waals surface area contributed by atoms with Gasteiger partial charge in [0.2, 0.25) is 5.91 Å². The van der Waals surface area contributed by atoms with Gasteiger partial charge in [0.05, 0.1) is 0 Å². The SMILES string of the molecule is CSCCC(NC(N)=O)C(=O)NCCNC1CCCCCC1.Cl. The summed E-state index contributed by atoms with van der Waals surface area (Å²) in [5.41, 5.74) is 5.12. The minimum absolute atomic E-state index is 0. The summed E-state index contributed by atoms with van der Waals surface area (Å²) < 4.78 is 0. The first-order valence-corrected chi connectivity index (χ1v) is 9.59. The molecule has 1 unspecified atom stereocenters. The van der Waals surface area contributed by atoms with Gasteiger partial charge in [0.1, 0.15) is 6.04 Å². The van der Waals surface area contributed by atoms with Crippen molar-refractivity contribution in [1.29, 1.82) is 0 Å². The van der Waals surface area contributed by atoms with Gasteiger partial charge in [-0.15, -0.1) is 12.4 Å². The Labute approximate surface area is 149 Å². The highest BCUT2D eigenvalue weighted by Gasteiger charge is 2.19. The fraction of sp³-hybridized carbons (Fsp3) is 0.867. The summed E-state index contributed by atoms with van der Waals surface area (Å²) in [5, 5.41) is 8.89. The molecule has 3 amide bonds. The first kappa shape index (κ1) is 22.3. The van der Waals surface area contributed by atoms with Gasteiger partial charge >= 0.3 is 6.03 Å². The van der Waals surface area contributed by atoms with Gasteiger partial charge in [-0.2, -0.15) is 11.8 Å². The maximum Gasteiger partial charge on any atom is 0.312 e. The number of nitrogens with one attached hydrogen (secondary N) is 3. The molecule has 1 saturated carbocycles. The maximum absolute atomic E-state index is 12.1. The van der Waals surface area contributed by atoms with Gasteiger partial charge in [0.25, 0.3) is 0 Å². The third-order valence-electron chi connectivity index (χ3n) is 3.96. The highest BCUT2D eigenvalue weighted by Crippen LogP contribution is 2.16. The number of carbonyl (C=O) groups is 2. The van der Waals surface area contributed by atoms with Crippen LogP contribution in [-0.2, 0) is 4.79 Å². The second-order valence-corrected chi connectivity index (χ2v) is 6.76. The number of carbonyl (C=O) groups excluding carboxylic acids is 2. The third kappa shape index (κ3) is 10.7. The van der Waals surface area contributed by atoms with Gasteiger partial charge in [-0.3, -0.25) is 4.79 Å². The average molecular weight is 367 g/mol. The Kier molecular flexibility index (Phi) is 13.4. The first-order valence-electron chi connectivity index (χ1n) is 8.19. The monoisotopic (exact) mass is 366 g/mol. The molecule has 1 atom stereocenters. The molecule has 23 heavy (non-hydrogen) atoms. The van der Waals surface area contributed by atoms with E-state index in [2.05, 4.69) is 16.0 Å². The number of thioether (sulfide) groups is 1. The molecule has 5 N–H and O–H groups in total. The molecule has 0 heterocycles. The molecule has 136 valence electrons. The van der Waals surface area contributed by atoms with Crippen molar-refractivity contribution >= 4 is 36.1 Å². The van der Waals surface area contributed by atoms with Crippen LogP contribution in [0.25, 0.3) is 0 Å². The topological polar surface area (TPSA) is 96.2 Å². The number of hydrogen-bond acceptors (Lipinski definition) is 4. The van der Waals surface area contributed by atoms with Crippen molar-refractivity contribution in [1.82, 2.24) is 16.0 Å². The summed E-state index contributed by atoms with van der Waals surface area (Å²) >= 11 is 1.64. The van der Waals surface area contributed by atoms with E-state index in [-0.39, 0.29) is 18.3 Å². The van der Waals surface area contributed by atoms with Crippen LogP contribution >= 0.6 is 24.2 Å². The second-order valence-electron chi connectivity index (χ2n) is 5.78. The van der Waals surface area contributed by atoms with E-state index in [0.29, 0.717) is 19.0 Å².